The Kier molecular flexibility index (Phi) is 9.45. The van der Waals surface area contributed by atoms with E-state index in [4.69, 9.17) is 4.74 Å². The number of aliphatic hydroxyl groups is 1. The van der Waals surface area contributed by atoms with E-state index in [1.165, 1.54) is 4.70 Å². The lowest BCUT2D eigenvalue weighted by atomic mass is 10.2. The Balaban J connectivity index is 0.00000280. The van der Waals surface area contributed by atoms with Crippen molar-refractivity contribution in [2.45, 2.75) is 13.0 Å². The normalized spacial score (nSPS) is 12.3. The summed E-state index contributed by atoms with van der Waals surface area (Å²) in [5.41, 5.74) is 0. The Morgan fingerprint density at radius 3 is 2.86 bits per heavy atom. The highest BCUT2D eigenvalue weighted by Gasteiger charge is 2.11. The van der Waals surface area contributed by atoms with Gasteiger partial charge in [0, 0.05) is 22.3 Å². The average molecular weight is 512 g/mol. The van der Waals surface area contributed by atoms with E-state index in [9.17, 15) is 5.11 Å². The molecule has 0 fully saturated rings. The van der Waals surface area contributed by atoms with Gasteiger partial charge in [0.15, 0.2) is 5.96 Å². The molecule has 0 spiro atoms. The fraction of sp³-hybridized carbons (Fsp3) is 0.300. The van der Waals surface area contributed by atoms with Gasteiger partial charge < -0.3 is 20.5 Å². The molecule has 3 N–H and O–H groups in total. The first-order valence-corrected chi connectivity index (χ1v) is 9.79. The molecule has 28 heavy (non-hydrogen) atoms. The van der Waals surface area contributed by atoms with E-state index < -0.39 is 6.10 Å². The van der Waals surface area contributed by atoms with Crippen LogP contribution in [0.25, 0.3) is 10.1 Å². The van der Waals surface area contributed by atoms with Crippen LogP contribution in [0.2, 0.25) is 0 Å². The summed E-state index contributed by atoms with van der Waals surface area (Å²) < 4.78 is 6.78. The quantitative estimate of drug-likeness (QED) is 0.186. The molecule has 8 heteroatoms. The minimum atomic E-state index is -0.621. The molecule has 0 bridgehead atoms. The van der Waals surface area contributed by atoms with Crippen molar-refractivity contribution in [2.75, 3.05) is 26.2 Å². The molecule has 1 atom stereocenters. The molecule has 0 aliphatic heterocycles. The number of benzene rings is 1. The van der Waals surface area contributed by atoms with E-state index in [2.05, 4.69) is 32.7 Å². The number of ether oxygens (including phenoxy) is 1. The molecule has 150 valence electrons. The zero-order valence-corrected chi connectivity index (χ0v) is 18.8. The number of guanidine groups is 1. The van der Waals surface area contributed by atoms with Gasteiger partial charge in [0.2, 0.25) is 0 Å². The third kappa shape index (κ3) is 6.61. The fourth-order valence-corrected chi connectivity index (χ4v) is 3.59. The molecule has 2 aromatic heterocycles. The molecule has 0 saturated heterocycles. The number of aliphatic hydroxyl groups excluding tert-OH is 1. The molecule has 3 aromatic rings. The number of rotatable bonds is 8. The number of aliphatic imine (C=N–C) groups is 1. The van der Waals surface area contributed by atoms with Crippen LogP contribution in [0.4, 0.5) is 0 Å². The SMILES string of the molecule is CCNC(=NCC(O)c1cc2ccccc2s1)NCCOc1cccnc1.I. The molecule has 0 aliphatic rings. The zero-order chi connectivity index (χ0) is 18.9. The number of hydrogen-bond acceptors (Lipinski definition) is 5. The Morgan fingerprint density at radius 2 is 2.11 bits per heavy atom. The minimum absolute atomic E-state index is 0. The minimum Gasteiger partial charge on any atom is -0.490 e. The average Bonchev–Trinajstić information content (AvgIpc) is 3.14. The van der Waals surface area contributed by atoms with Gasteiger partial charge in [0.25, 0.3) is 0 Å². The first-order chi connectivity index (χ1) is 13.3. The number of halogens is 1. The van der Waals surface area contributed by atoms with Gasteiger partial charge in [0.05, 0.1) is 19.3 Å². The van der Waals surface area contributed by atoms with Crippen molar-refractivity contribution >= 4 is 51.4 Å². The number of aromatic nitrogens is 1. The van der Waals surface area contributed by atoms with Crippen molar-refractivity contribution in [1.82, 2.24) is 15.6 Å². The van der Waals surface area contributed by atoms with Crippen LogP contribution < -0.4 is 15.4 Å². The van der Waals surface area contributed by atoms with Gasteiger partial charge in [-0.3, -0.25) is 9.98 Å². The van der Waals surface area contributed by atoms with Gasteiger partial charge >= 0.3 is 0 Å². The number of nitrogens with one attached hydrogen (secondary N) is 2. The lowest BCUT2D eigenvalue weighted by Crippen LogP contribution is -2.39. The van der Waals surface area contributed by atoms with Gasteiger partial charge in [-0.1, -0.05) is 18.2 Å². The predicted octanol–water partition coefficient (Wildman–Crippen LogP) is 3.58. The molecule has 0 radical (unpaired) electrons. The van der Waals surface area contributed by atoms with E-state index in [-0.39, 0.29) is 24.0 Å². The number of hydrogen-bond donors (Lipinski definition) is 3. The summed E-state index contributed by atoms with van der Waals surface area (Å²) in [7, 11) is 0. The number of nitrogens with zero attached hydrogens (tertiary/aromatic N) is 2. The van der Waals surface area contributed by atoms with Crippen LogP contribution in [-0.4, -0.2) is 42.3 Å². The van der Waals surface area contributed by atoms with Crippen LogP contribution in [0.5, 0.6) is 5.75 Å². The molecule has 0 amide bonds. The van der Waals surface area contributed by atoms with Crippen LogP contribution in [0.3, 0.4) is 0 Å². The highest BCUT2D eigenvalue weighted by molar-refractivity contribution is 14.0. The number of fused-ring (bicyclic) bond motifs is 1. The highest BCUT2D eigenvalue weighted by atomic mass is 127. The summed E-state index contributed by atoms with van der Waals surface area (Å²) in [6, 6.07) is 13.9. The van der Waals surface area contributed by atoms with E-state index in [0.29, 0.717) is 25.7 Å². The third-order valence-electron chi connectivity index (χ3n) is 3.84. The van der Waals surface area contributed by atoms with Crippen molar-refractivity contribution in [3.05, 3.63) is 59.7 Å². The van der Waals surface area contributed by atoms with Crippen LogP contribution in [0, 0.1) is 0 Å². The van der Waals surface area contributed by atoms with Crippen molar-refractivity contribution < 1.29 is 9.84 Å². The predicted molar refractivity (Wildman–Crippen MR) is 126 cm³/mol. The summed E-state index contributed by atoms with van der Waals surface area (Å²) in [6.07, 6.45) is 2.77. The highest BCUT2D eigenvalue weighted by Crippen LogP contribution is 2.29. The Hall–Kier alpha value is -1.91. The Labute approximate surface area is 186 Å². The maximum absolute atomic E-state index is 10.5. The number of thiophene rings is 1. The van der Waals surface area contributed by atoms with Crippen molar-refractivity contribution in [3.63, 3.8) is 0 Å². The first kappa shape index (κ1) is 22.4. The maximum Gasteiger partial charge on any atom is 0.191 e. The summed E-state index contributed by atoms with van der Waals surface area (Å²) in [6.45, 7) is 4.14. The molecular weight excluding hydrogens is 487 g/mol. The molecule has 2 heterocycles. The van der Waals surface area contributed by atoms with Crippen molar-refractivity contribution in [3.8, 4) is 5.75 Å². The van der Waals surface area contributed by atoms with Crippen LogP contribution in [0.15, 0.2) is 59.9 Å². The largest absolute Gasteiger partial charge is 0.490 e. The van der Waals surface area contributed by atoms with E-state index in [1.807, 2.05) is 37.3 Å². The second-order valence-electron chi connectivity index (χ2n) is 5.89. The molecular formula is C20H25IN4O2S. The van der Waals surface area contributed by atoms with Gasteiger partial charge in [-0.25, -0.2) is 0 Å². The third-order valence-corrected chi connectivity index (χ3v) is 5.05. The lowest BCUT2D eigenvalue weighted by molar-refractivity contribution is 0.191. The standard InChI is InChI=1S/C20H24N4O2S.HI/c1-2-22-20(23-10-11-26-16-7-5-9-21-13-16)24-14-17(25)19-12-15-6-3-4-8-18(15)27-19;/h3-9,12-13,17,25H,2,10-11,14H2,1H3,(H2,22,23,24);1H. The Bertz CT molecular complexity index is 840. The zero-order valence-electron chi connectivity index (χ0n) is 15.7. The maximum atomic E-state index is 10.5. The second-order valence-corrected chi connectivity index (χ2v) is 7.00. The molecule has 1 unspecified atom stereocenters. The van der Waals surface area contributed by atoms with Gasteiger partial charge in [-0.05, 0) is 36.6 Å². The summed E-state index contributed by atoms with van der Waals surface area (Å²) in [5, 5.41) is 18.0. The number of pyridine rings is 1. The van der Waals surface area contributed by atoms with Gasteiger partial charge in [-0.2, -0.15) is 0 Å². The van der Waals surface area contributed by atoms with Crippen LogP contribution >= 0.6 is 35.3 Å². The van der Waals surface area contributed by atoms with Gasteiger partial charge in [0.1, 0.15) is 18.5 Å². The molecule has 3 rings (SSSR count). The van der Waals surface area contributed by atoms with E-state index >= 15 is 0 Å². The van der Waals surface area contributed by atoms with Crippen LogP contribution in [-0.2, 0) is 0 Å². The fourth-order valence-electron chi connectivity index (χ4n) is 2.55. The summed E-state index contributed by atoms with van der Waals surface area (Å²) in [4.78, 5) is 9.43. The summed E-state index contributed by atoms with van der Waals surface area (Å²) >= 11 is 1.60. The summed E-state index contributed by atoms with van der Waals surface area (Å²) in [5.74, 6) is 1.40. The molecule has 0 saturated carbocycles. The molecule has 6 nitrogen and oxygen atoms in total. The van der Waals surface area contributed by atoms with E-state index in [1.54, 1.807) is 23.7 Å². The lowest BCUT2D eigenvalue weighted by Gasteiger charge is -2.13. The first-order valence-electron chi connectivity index (χ1n) is 8.98. The smallest absolute Gasteiger partial charge is 0.191 e. The monoisotopic (exact) mass is 512 g/mol. The van der Waals surface area contributed by atoms with Crippen molar-refractivity contribution in [1.29, 1.82) is 0 Å². The van der Waals surface area contributed by atoms with E-state index in [0.717, 1.165) is 22.6 Å². The van der Waals surface area contributed by atoms with Crippen molar-refractivity contribution in [2.24, 2.45) is 4.99 Å². The molecule has 1 aromatic carbocycles. The molecule has 0 aliphatic carbocycles. The Morgan fingerprint density at radius 1 is 1.25 bits per heavy atom. The topological polar surface area (TPSA) is 78.8 Å². The second kappa shape index (κ2) is 11.8. The van der Waals surface area contributed by atoms with Crippen LogP contribution in [0.1, 0.15) is 17.9 Å². The van der Waals surface area contributed by atoms with Gasteiger partial charge in [-0.15, -0.1) is 35.3 Å².